The van der Waals surface area contributed by atoms with Crippen LogP contribution in [0.15, 0.2) is 24.3 Å². The van der Waals surface area contributed by atoms with Crippen LogP contribution >= 0.6 is 23.5 Å². The van der Waals surface area contributed by atoms with Gasteiger partial charge in [0, 0.05) is 11.0 Å². The van der Waals surface area contributed by atoms with E-state index in [4.69, 9.17) is 28.4 Å². The van der Waals surface area contributed by atoms with E-state index in [2.05, 4.69) is 0 Å². The third-order valence-corrected chi connectivity index (χ3v) is 8.04. The van der Waals surface area contributed by atoms with E-state index in [1.54, 1.807) is 42.7 Å². The first kappa shape index (κ1) is 21.6. The van der Waals surface area contributed by atoms with E-state index in [0.29, 0.717) is 34.5 Å². The van der Waals surface area contributed by atoms with Gasteiger partial charge in [-0.2, -0.15) is 0 Å². The third kappa shape index (κ3) is 4.28. The highest BCUT2D eigenvalue weighted by Crippen LogP contribution is 2.58. The van der Waals surface area contributed by atoms with Crippen LogP contribution in [0.3, 0.4) is 0 Å². The summed E-state index contributed by atoms with van der Waals surface area (Å²) in [4.78, 5) is 0. The van der Waals surface area contributed by atoms with Crippen LogP contribution in [0.1, 0.15) is 21.0 Å². The minimum atomic E-state index is 0.243. The summed E-state index contributed by atoms with van der Waals surface area (Å²) >= 11 is 3.76. The van der Waals surface area contributed by atoms with Gasteiger partial charge in [-0.15, -0.1) is 23.5 Å². The molecule has 1 saturated heterocycles. The molecule has 2 aromatic rings. The molecule has 29 heavy (non-hydrogen) atoms. The summed E-state index contributed by atoms with van der Waals surface area (Å²) < 4.78 is 33.1. The molecule has 0 bridgehead atoms. The lowest BCUT2D eigenvalue weighted by molar-refractivity contribution is 0.324. The third-order valence-electron chi connectivity index (χ3n) is 4.70. The highest BCUT2D eigenvalue weighted by atomic mass is 32.2. The Kier molecular flexibility index (Phi) is 7.18. The molecule has 1 fully saturated rings. The van der Waals surface area contributed by atoms with Gasteiger partial charge in [0.15, 0.2) is 23.0 Å². The number of hydrogen-bond donors (Lipinski definition) is 0. The highest BCUT2D eigenvalue weighted by Gasteiger charge is 2.31. The van der Waals surface area contributed by atoms with E-state index in [1.807, 2.05) is 47.8 Å². The minimum Gasteiger partial charge on any atom is -0.493 e. The van der Waals surface area contributed by atoms with Crippen molar-refractivity contribution in [3.05, 3.63) is 35.4 Å². The fourth-order valence-corrected chi connectivity index (χ4v) is 6.53. The fourth-order valence-electron chi connectivity index (χ4n) is 3.28. The van der Waals surface area contributed by atoms with Gasteiger partial charge in [-0.05, 0) is 35.4 Å². The van der Waals surface area contributed by atoms with Crippen molar-refractivity contribution in [1.29, 1.82) is 0 Å². The lowest BCUT2D eigenvalue weighted by Crippen LogP contribution is -1.99. The molecule has 1 heterocycles. The molecule has 0 aliphatic carbocycles. The van der Waals surface area contributed by atoms with Crippen LogP contribution < -0.4 is 28.4 Å². The van der Waals surface area contributed by atoms with Gasteiger partial charge >= 0.3 is 0 Å². The maximum atomic E-state index is 5.51. The molecule has 1 aliphatic rings. The van der Waals surface area contributed by atoms with Crippen molar-refractivity contribution in [2.45, 2.75) is 9.83 Å². The zero-order valence-corrected chi connectivity index (χ0v) is 19.1. The zero-order chi connectivity index (χ0) is 21.0. The molecule has 158 valence electrons. The van der Waals surface area contributed by atoms with Gasteiger partial charge < -0.3 is 28.4 Å². The maximum absolute atomic E-state index is 5.51. The number of ether oxygens (including phenoxy) is 6. The van der Waals surface area contributed by atoms with Gasteiger partial charge in [0.25, 0.3) is 0 Å². The molecule has 0 spiro atoms. The van der Waals surface area contributed by atoms with Crippen molar-refractivity contribution in [3.63, 3.8) is 0 Å². The predicted molar refractivity (Wildman–Crippen MR) is 118 cm³/mol. The summed E-state index contributed by atoms with van der Waals surface area (Å²) in [6.45, 7) is 0. The second-order valence-electron chi connectivity index (χ2n) is 6.21. The first-order chi connectivity index (χ1) is 14.1. The van der Waals surface area contributed by atoms with Crippen molar-refractivity contribution < 1.29 is 28.4 Å². The van der Waals surface area contributed by atoms with Crippen molar-refractivity contribution in [2.24, 2.45) is 0 Å². The highest BCUT2D eigenvalue weighted by molar-refractivity contribution is 8.19. The summed E-state index contributed by atoms with van der Waals surface area (Å²) in [5.74, 6) is 4.85. The lowest BCUT2D eigenvalue weighted by Gasteiger charge is -2.18. The summed E-state index contributed by atoms with van der Waals surface area (Å²) in [6, 6.07) is 8.08. The Labute approximate surface area is 180 Å². The van der Waals surface area contributed by atoms with Crippen molar-refractivity contribution in [3.8, 4) is 34.5 Å². The van der Waals surface area contributed by atoms with Crippen LogP contribution in [-0.4, -0.2) is 48.4 Å². The van der Waals surface area contributed by atoms with E-state index >= 15 is 0 Å². The molecule has 8 heteroatoms. The Hall–Kier alpha value is -2.06. The first-order valence-electron chi connectivity index (χ1n) is 8.97. The van der Waals surface area contributed by atoms with E-state index in [9.17, 15) is 0 Å². The summed E-state index contributed by atoms with van der Waals surface area (Å²) in [6.07, 6.45) is 0. The van der Waals surface area contributed by atoms with Gasteiger partial charge in [-0.25, -0.2) is 0 Å². The Morgan fingerprint density at radius 3 is 1.41 bits per heavy atom. The molecule has 0 unspecified atom stereocenters. The molecule has 0 saturated carbocycles. The Balaban J connectivity index is 1.89. The van der Waals surface area contributed by atoms with Crippen LogP contribution in [0.5, 0.6) is 34.5 Å². The molecule has 2 aromatic carbocycles. The van der Waals surface area contributed by atoms with E-state index < -0.39 is 0 Å². The number of benzene rings is 2. The van der Waals surface area contributed by atoms with Crippen molar-refractivity contribution in [1.82, 2.24) is 0 Å². The first-order valence-corrected chi connectivity index (χ1v) is 11.0. The van der Waals surface area contributed by atoms with Gasteiger partial charge in [0.05, 0.1) is 47.2 Å². The Morgan fingerprint density at radius 1 is 0.621 bits per heavy atom. The second kappa shape index (κ2) is 9.63. The molecule has 1 aliphatic heterocycles. The smallest absolute Gasteiger partial charge is 0.203 e. The molecule has 0 aromatic heterocycles. The average molecular weight is 439 g/mol. The van der Waals surface area contributed by atoms with Gasteiger partial charge in [0.1, 0.15) is 0 Å². The fraction of sp³-hybridized carbons (Fsp3) is 0.429. The van der Waals surface area contributed by atoms with Crippen LogP contribution in [0.4, 0.5) is 0 Å². The van der Waals surface area contributed by atoms with Crippen molar-refractivity contribution >= 4 is 23.5 Å². The molecular formula is C21H26O6S2. The lowest BCUT2D eigenvalue weighted by atomic mass is 10.1. The molecule has 2 atom stereocenters. The van der Waals surface area contributed by atoms with Crippen LogP contribution in [-0.2, 0) is 0 Å². The molecular weight excluding hydrogens is 412 g/mol. The normalized spacial score (nSPS) is 18.3. The largest absolute Gasteiger partial charge is 0.493 e. The van der Waals surface area contributed by atoms with Gasteiger partial charge in [-0.1, -0.05) is 0 Å². The van der Waals surface area contributed by atoms with E-state index in [0.717, 1.165) is 16.9 Å². The molecule has 0 N–H and O–H groups in total. The average Bonchev–Trinajstić information content (AvgIpc) is 3.27. The van der Waals surface area contributed by atoms with Crippen molar-refractivity contribution in [2.75, 3.05) is 48.4 Å². The van der Waals surface area contributed by atoms with Gasteiger partial charge in [-0.3, -0.25) is 0 Å². The molecule has 3 rings (SSSR count). The number of hydrogen-bond acceptors (Lipinski definition) is 8. The number of rotatable bonds is 8. The maximum Gasteiger partial charge on any atom is 0.203 e. The Morgan fingerprint density at radius 2 is 1.03 bits per heavy atom. The van der Waals surface area contributed by atoms with Crippen LogP contribution in [0.2, 0.25) is 0 Å². The number of thioether (sulfide) groups is 2. The monoisotopic (exact) mass is 438 g/mol. The number of methoxy groups -OCH3 is 6. The standard InChI is InChI=1S/C21H26O6S2/c1-22-14-7-12(8-15(23-2)19(14)26-5)18-11-28-21(29-18)13-9-16(24-3)20(27-6)17(10-13)25-4/h7-10,18,21H,11H2,1-6H3/t18-,21+/m0/s1. The molecule has 0 amide bonds. The second-order valence-corrected chi connectivity index (χ2v) is 8.96. The zero-order valence-electron chi connectivity index (χ0n) is 17.4. The van der Waals surface area contributed by atoms with Gasteiger partial charge in [0.2, 0.25) is 11.5 Å². The van der Waals surface area contributed by atoms with E-state index in [1.165, 1.54) is 0 Å². The predicted octanol–water partition coefficient (Wildman–Crippen LogP) is 4.96. The minimum absolute atomic E-state index is 0.243. The van der Waals surface area contributed by atoms with E-state index in [-0.39, 0.29) is 9.83 Å². The summed E-state index contributed by atoms with van der Waals surface area (Å²) in [7, 11) is 9.76. The molecule has 6 nitrogen and oxygen atoms in total. The summed E-state index contributed by atoms with van der Waals surface area (Å²) in [5.41, 5.74) is 2.27. The topological polar surface area (TPSA) is 55.4 Å². The van der Waals surface area contributed by atoms with Crippen LogP contribution in [0, 0.1) is 0 Å². The quantitative estimate of drug-likeness (QED) is 0.573. The molecule has 0 radical (unpaired) electrons. The summed E-state index contributed by atoms with van der Waals surface area (Å²) in [5, 5.41) is 0.290. The Bertz CT molecular complexity index is 738. The SMILES string of the molecule is COc1cc([C@@H]2SC[C@@H](c3cc(OC)c(OC)c(OC)c3)S2)cc(OC)c1OC. The van der Waals surface area contributed by atoms with Crippen LogP contribution in [0.25, 0.3) is 0 Å².